The smallest absolute Gasteiger partial charge is 0.337 e. The molecule has 0 aliphatic rings. The number of carboxylic acid groups (broad SMARTS) is 1. The maximum Gasteiger partial charge on any atom is 0.337 e. The molecule has 1 aromatic rings. The third kappa shape index (κ3) is 4.50. The normalized spacial score (nSPS) is 12.1. The number of urea groups is 1. The Balaban J connectivity index is 2.74. The molecule has 0 aromatic heterocycles. The molecule has 0 heterocycles. The van der Waals surface area contributed by atoms with Gasteiger partial charge in [0.05, 0.1) is 11.3 Å². The summed E-state index contributed by atoms with van der Waals surface area (Å²) in [5, 5.41) is 14.4. The molecule has 0 radical (unpaired) electrons. The molecular weight excluding hydrogens is 326 g/mol. The fourth-order valence-electron chi connectivity index (χ4n) is 1.41. The van der Waals surface area contributed by atoms with Gasteiger partial charge in [0, 0.05) is 17.1 Å². The van der Waals surface area contributed by atoms with Gasteiger partial charge >= 0.3 is 12.0 Å². The third-order valence-electron chi connectivity index (χ3n) is 2.92. The zero-order valence-corrected chi connectivity index (χ0v) is 13.2. The van der Waals surface area contributed by atoms with E-state index in [9.17, 15) is 9.59 Å². The van der Waals surface area contributed by atoms with Crippen LogP contribution in [-0.4, -0.2) is 48.7 Å². The van der Waals surface area contributed by atoms with Crippen molar-refractivity contribution in [1.82, 2.24) is 10.2 Å². The summed E-state index contributed by atoms with van der Waals surface area (Å²) in [7, 11) is 3.83. The van der Waals surface area contributed by atoms with Crippen LogP contribution in [0.5, 0.6) is 0 Å². The van der Waals surface area contributed by atoms with Gasteiger partial charge in [-0.2, -0.15) is 0 Å². The van der Waals surface area contributed by atoms with Crippen LogP contribution in [0.15, 0.2) is 22.7 Å². The van der Waals surface area contributed by atoms with Gasteiger partial charge in [0.1, 0.15) is 0 Å². The van der Waals surface area contributed by atoms with E-state index >= 15 is 0 Å². The first-order valence-corrected chi connectivity index (χ1v) is 6.85. The monoisotopic (exact) mass is 343 g/mol. The number of carbonyl (C=O) groups is 2. The number of nitrogens with zero attached hydrogens (tertiary/aromatic N) is 1. The van der Waals surface area contributed by atoms with Gasteiger partial charge in [0.15, 0.2) is 0 Å². The molecule has 20 heavy (non-hydrogen) atoms. The number of aromatic carboxylic acids is 1. The summed E-state index contributed by atoms with van der Waals surface area (Å²) in [6, 6.07) is 4.45. The van der Waals surface area contributed by atoms with Crippen LogP contribution in [0.2, 0.25) is 0 Å². The fourth-order valence-corrected chi connectivity index (χ4v) is 1.88. The van der Waals surface area contributed by atoms with E-state index in [2.05, 4.69) is 26.6 Å². The number of para-hydroxylation sites is 1. The number of carboxylic acids is 1. The van der Waals surface area contributed by atoms with Gasteiger partial charge in [-0.3, -0.25) is 0 Å². The highest BCUT2D eigenvalue weighted by Gasteiger charge is 2.15. The highest BCUT2D eigenvalue weighted by Crippen LogP contribution is 2.26. The molecule has 6 nitrogen and oxygen atoms in total. The number of likely N-dealkylation sites (N-methyl/N-ethyl adjacent to an activating group) is 1. The number of hydrogen-bond acceptors (Lipinski definition) is 3. The number of anilines is 1. The average molecular weight is 344 g/mol. The van der Waals surface area contributed by atoms with E-state index in [0.717, 1.165) is 0 Å². The van der Waals surface area contributed by atoms with E-state index in [1.807, 2.05) is 25.9 Å². The summed E-state index contributed by atoms with van der Waals surface area (Å²) < 4.78 is 0.521. The Bertz CT molecular complexity index is 506. The van der Waals surface area contributed by atoms with E-state index in [1.54, 1.807) is 12.1 Å². The third-order valence-corrected chi connectivity index (χ3v) is 3.58. The molecule has 0 aliphatic heterocycles. The Morgan fingerprint density at radius 1 is 1.40 bits per heavy atom. The Labute approximate surface area is 126 Å². The van der Waals surface area contributed by atoms with Crippen molar-refractivity contribution in [1.29, 1.82) is 0 Å². The molecule has 1 atom stereocenters. The summed E-state index contributed by atoms with van der Waals surface area (Å²) in [6.07, 6.45) is 0. The lowest BCUT2D eigenvalue weighted by Gasteiger charge is -2.20. The summed E-state index contributed by atoms with van der Waals surface area (Å²) >= 11 is 3.23. The minimum absolute atomic E-state index is 0.0372. The van der Waals surface area contributed by atoms with Crippen molar-refractivity contribution < 1.29 is 14.7 Å². The van der Waals surface area contributed by atoms with Crippen molar-refractivity contribution in [2.75, 3.05) is 26.0 Å². The van der Waals surface area contributed by atoms with Crippen molar-refractivity contribution >= 4 is 33.6 Å². The summed E-state index contributed by atoms with van der Waals surface area (Å²) in [5.41, 5.74) is 0.283. The van der Waals surface area contributed by atoms with Gasteiger partial charge < -0.3 is 20.6 Å². The average Bonchev–Trinajstić information content (AvgIpc) is 2.37. The number of halogens is 1. The van der Waals surface area contributed by atoms with E-state index in [4.69, 9.17) is 5.11 Å². The van der Waals surface area contributed by atoms with Gasteiger partial charge in [-0.05, 0) is 49.1 Å². The molecule has 1 aromatic carbocycles. The molecule has 0 bridgehead atoms. The highest BCUT2D eigenvalue weighted by molar-refractivity contribution is 9.10. The Morgan fingerprint density at radius 3 is 2.60 bits per heavy atom. The van der Waals surface area contributed by atoms with Crippen LogP contribution in [0.25, 0.3) is 0 Å². The Morgan fingerprint density at radius 2 is 2.05 bits per heavy atom. The molecule has 1 rings (SSSR count). The zero-order valence-electron chi connectivity index (χ0n) is 11.6. The van der Waals surface area contributed by atoms with Crippen molar-refractivity contribution in [3.63, 3.8) is 0 Å². The van der Waals surface area contributed by atoms with Gasteiger partial charge in [-0.1, -0.05) is 6.07 Å². The predicted octanol–water partition coefficient (Wildman–Crippen LogP) is 2.22. The molecule has 2 amide bonds. The first-order valence-electron chi connectivity index (χ1n) is 6.06. The maximum absolute atomic E-state index is 11.8. The lowest BCUT2D eigenvalue weighted by atomic mass is 10.2. The van der Waals surface area contributed by atoms with Gasteiger partial charge in [-0.15, -0.1) is 0 Å². The molecule has 0 aliphatic carbocycles. The van der Waals surface area contributed by atoms with Crippen molar-refractivity contribution in [3.05, 3.63) is 28.2 Å². The number of carbonyl (C=O) groups excluding carboxylic acids is 1. The molecule has 3 N–H and O–H groups in total. The summed E-state index contributed by atoms with van der Waals surface area (Å²) in [5.74, 6) is -1.09. The van der Waals surface area contributed by atoms with Crippen LogP contribution >= 0.6 is 15.9 Å². The molecule has 1 unspecified atom stereocenters. The van der Waals surface area contributed by atoms with Gasteiger partial charge in [0.25, 0.3) is 0 Å². The maximum atomic E-state index is 11.8. The van der Waals surface area contributed by atoms with Crippen LogP contribution in [0, 0.1) is 0 Å². The quantitative estimate of drug-likeness (QED) is 0.765. The first-order chi connectivity index (χ1) is 9.32. The van der Waals surface area contributed by atoms with Crippen molar-refractivity contribution in [2.24, 2.45) is 0 Å². The summed E-state index contributed by atoms with van der Waals surface area (Å²) in [4.78, 5) is 24.9. The van der Waals surface area contributed by atoms with E-state index in [0.29, 0.717) is 11.0 Å². The molecular formula is C13H18BrN3O3. The highest BCUT2D eigenvalue weighted by atomic mass is 79.9. The van der Waals surface area contributed by atoms with Crippen LogP contribution in [-0.2, 0) is 0 Å². The zero-order chi connectivity index (χ0) is 15.3. The lowest BCUT2D eigenvalue weighted by Crippen LogP contribution is -2.40. The van der Waals surface area contributed by atoms with E-state index in [1.165, 1.54) is 6.07 Å². The molecule has 0 saturated heterocycles. The van der Waals surface area contributed by atoms with Crippen LogP contribution in [0.4, 0.5) is 10.5 Å². The number of rotatable bonds is 5. The first kappa shape index (κ1) is 16.5. The van der Waals surface area contributed by atoms with Crippen LogP contribution < -0.4 is 10.6 Å². The van der Waals surface area contributed by atoms with E-state index < -0.39 is 12.0 Å². The largest absolute Gasteiger partial charge is 0.478 e. The van der Waals surface area contributed by atoms with E-state index in [-0.39, 0.29) is 17.3 Å². The fraction of sp³-hybridized carbons (Fsp3) is 0.385. The van der Waals surface area contributed by atoms with Gasteiger partial charge in [0.2, 0.25) is 0 Å². The second kappa shape index (κ2) is 7.25. The Hall–Kier alpha value is -1.60. The number of amides is 2. The topological polar surface area (TPSA) is 81.7 Å². The standard InChI is InChI=1S/C13H18BrN3O3/c1-8(17(2)3)7-15-13(20)16-11-9(12(18)19)5-4-6-10(11)14/h4-6,8H,7H2,1-3H3,(H,18,19)(H2,15,16,20). The predicted molar refractivity (Wildman–Crippen MR) is 81.3 cm³/mol. The molecule has 0 fully saturated rings. The minimum Gasteiger partial charge on any atom is -0.478 e. The lowest BCUT2D eigenvalue weighted by molar-refractivity contribution is 0.0698. The molecule has 0 spiro atoms. The molecule has 0 saturated carbocycles. The minimum atomic E-state index is -1.09. The second-order valence-electron chi connectivity index (χ2n) is 4.62. The number of nitrogens with one attached hydrogen (secondary N) is 2. The molecule has 7 heteroatoms. The molecule has 110 valence electrons. The SMILES string of the molecule is CC(CNC(=O)Nc1c(Br)cccc1C(=O)O)N(C)C. The Kier molecular flexibility index (Phi) is 5.97. The van der Waals surface area contributed by atoms with Crippen LogP contribution in [0.1, 0.15) is 17.3 Å². The second-order valence-corrected chi connectivity index (χ2v) is 5.47. The van der Waals surface area contributed by atoms with Crippen molar-refractivity contribution in [3.8, 4) is 0 Å². The van der Waals surface area contributed by atoms with Crippen molar-refractivity contribution in [2.45, 2.75) is 13.0 Å². The van der Waals surface area contributed by atoms with Crippen LogP contribution in [0.3, 0.4) is 0 Å². The summed E-state index contributed by atoms with van der Waals surface area (Å²) in [6.45, 7) is 2.44. The van der Waals surface area contributed by atoms with Gasteiger partial charge in [-0.25, -0.2) is 9.59 Å². The number of benzene rings is 1. The number of hydrogen-bond donors (Lipinski definition) is 3.